The van der Waals surface area contributed by atoms with Crippen LogP contribution in [0.2, 0.25) is 0 Å². The number of quaternary nitrogens is 1. The average molecular weight is 343 g/mol. The summed E-state index contributed by atoms with van der Waals surface area (Å²) in [4.78, 5) is 31.5. The van der Waals surface area contributed by atoms with E-state index in [1.165, 1.54) is 0 Å². The van der Waals surface area contributed by atoms with Crippen LogP contribution in [-0.4, -0.2) is 61.0 Å². The molecule has 25 heavy (non-hydrogen) atoms. The zero-order valence-electron chi connectivity index (χ0n) is 14.2. The van der Waals surface area contributed by atoms with E-state index in [0.29, 0.717) is 19.6 Å². The van der Waals surface area contributed by atoms with Crippen molar-refractivity contribution in [2.24, 2.45) is 0 Å². The van der Waals surface area contributed by atoms with Crippen molar-refractivity contribution < 1.29 is 18.9 Å². The summed E-state index contributed by atoms with van der Waals surface area (Å²) < 4.78 is 5.87. The van der Waals surface area contributed by atoms with Gasteiger partial charge in [0.1, 0.15) is 5.52 Å². The number of likely N-dealkylation sites (tertiary alicyclic amines) is 1. The maximum Gasteiger partial charge on any atom is 0.277 e. The number of hydrogen-bond acceptors (Lipinski definition) is 4. The predicted molar refractivity (Wildman–Crippen MR) is 91.1 cm³/mol. The molecular weight excluding hydrogens is 320 g/mol. The van der Waals surface area contributed by atoms with E-state index in [1.807, 2.05) is 29.2 Å². The van der Waals surface area contributed by atoms with Crippen LogP contribution in [-0.2, 0) is 9.59 Å². The van der Waals surface area contributed by atoms with Crippen LogP contribution in [0, 0.1) is 0 Å². The molecular formula is C18H23N4O3+. The second-order valence-electron chi connectivity index (χ2n) is 6.88. The first-order valence-corrected chi connectivity index (χ1v) is 8.92. The zero-order valence-corrected chi connectivity index (χ0v) is 14.2. The Morgan fingerprint density at radius 2 is 2.12 bits per heavy atom. The number of nitrogens with one attached hydrogen (secondary N) is 2. The van der Waals surface area contributed by atoms with Crippen LogP contribution in [0.1, 0.15) is 24.7 Å². The Hall–Kier alpha value is -2.41. The molecule has 132 valence electrons. The second-order valence-corrected chi connectivity index (χ2v) is 6.88. The Morgan fingerprint density at radius 1 is 1.32 bits per heavy atom. The van der Waals surface area contributed by atoms with Crippen LogP contribution in [0.3, 0.4) is 0 Å². The van der Waals surface area contributed by atoms with Crippen LogP contribution < -0.4 is 10.2 Å². The Kier molecular flexibility index (Phi) is 4.40. The van der Waals surface area contributed by atoms with Gasteiger partial charge >= 0.3 is 0 Å². The number of aromatic nitrogens is 1. The first-order valence-electron chi connectivity index (χ1n) is 8.92. The smallest absolute Gasteiger partial charge is 0.277 e. The molecule has 2 aliphatic rings. The lowest BCUT2D eigenvalue weighted by atomic mass is 9.96. The lowest BCUT2D eigenvalue weighted by Crippen LogP contribution is -3.16. The van der Waals surface area contributed by atoms with E-state index in [2.05, 4.69) is 10.3 Å². The fourth-order valence-electron chi connectivity index (χ4n) is 3.67. The number of piperidine rings is 1. The van der Waals surface area contributed by atoms with Gasteiger partial charge < -0.3 is 19.5 Å². The van der Waals surface area contributed by atoms with Crippen LogP contribution in [0.5, 0.6) is 0 Å². The van der Waals surface area contributed by atoms with Gasteiger partial charge in [-0.3, -0.25) is 9.59 Å². The summed E-state index contributed by atoms with van der Waals surface area (Å²) >= 11 is 0. The van der Waals surface area contributed by atoms with E-state index in [9.17, 15) is 9.59 Å². The van der Waals surface area contributed by atoms with Crippen molar-refractivity contribution in [1.29, 1.82) is 0 Å². The number of amides is 2. The molecule has 1 aromatic carbocycles. The molecule has 1 atom stereocenters. The summed E-state index contributed by atoms with van der Waals surface area (Å²) in [6, 6.07) is 7.79. The van der Waals surface area contributed by atoms with Gasteiger partial charge in [-0.05, 0) is 25.0 Å². The Bertz CT molecular complexity index is 746. The molecule has 0 radical (unpaired) electrons. The quantitative estimate of drug-likeness (QED) is 0.791. The zero-order chi connectivity index (χ0) is 17.2. The van der Waals surface area contributed by atoms with Crippen molar-refractivity contribution >= 4 is 22.9 Å². The van der Waals surface area contributed by atoms with E-state index >= 15 is 0 Å². The van der Waals surface area contributed by atoms with E-state index in [0.717, 1.165) is 54.4 Å². The number of para-hydroxylation sites is 2. The van der Waals surface area contributed by atoms with E-state index < -0.39 is 0 Å². The first-order chi connectivity index (χ1) is 12.2. The number of fused-ring (bicyclic) bond motifs is 1. The van der Waals surface area contributed by atoms with Crippen LogP contribution in [0.4, 0.5) is 0 Å². The standard InChI is InChI=1S/C18H22N4O3/c23-16-11-21(10-7-19-16)12-17(24)22-8-5-13(6-9-22)18-20-14-3-1-2-4-15(14)25-18/h1-4,13H,5-12H2,(H,19,23)/p+1. The SMILES string of the molecule is O=C1C[NH+](CC(=O)N2CCC(c3nc4ccccc4o3)CC2)CCN1. The molecule has 4 rings (SSSR count). The maximum absolute atomic E-state index is 12.5. The van der Waals surface area contributed by atoms with Gasteiger partial charge in [0.05, 0.1) is 13.1 Å². The largest absolute Gasteiger partial charge is 0.440 e. The monoisotopic (exact) mass is 343 g/mol. The molecule has 2 saturated heterocycles. The molecule has 2 N–H and O–H groups in total. The fraction of sp³-hybridized carbons (Fsp3) is 0.500. The van der Waals surface area contributed by atoms with Crippen molar-refractivity contribution in [3.8, 4) is 0 Å². The average Bonchev–Trinajstić information content (AvgIpc) is 3.06. The number of carbonyl (C=O) groups is 2. The highest BCUT2D eigenvalue weighted by atomic mass is 16.3. The Morgan fingerprint density at radius 3 is 2.88 bits per heavy atom. The summed E-state index contributed by atoms with van der Waals surface area (Å²) in [6.07, 6.45) is 1.74. The van der Waals surface area contributed by atoms with Crippen LogP contribution in [0.15, 0.2) is 28.7 Å². The molecule has 0 spiro atoms. The van der Waals surface area contributed by atoms with Gasteiger partial charge in [-0.25, -0.2) is 4.98 Å². The number of piperazine rings is 1. The summed E-state index contributed by atoms with van der Waals surface area (Å²) in [5, 5.41) is 2.80. The molecule has 2 aromatic rings. The van der Waals surface area contributed by atoms with Crippen molar-refractivity contribution in [1.82, 2.24) is 15.2 Å². The van der Waals surface area contributed by atoms with E-state index in [1.54, 1.807) is 0 Å². The molecule has 0 bridgehead atoms. The number of rotatable bonds is 3. The highest BCUT2D eigenvalue weighted by molar-refractivity contribution is 5.79. The van der Waals surface area contributed by atoms with Gasteiger partial charge in [-0.1, -0.05) is 12.1 Å². The van der Waals surface area contributed by atoms with E-state index in [-0.39, 0.29) is 17.7 Å². The lowest BCUT2D eigenvalue weighted by Gasteiger charge is -2.32. The summed E-state index contributed by atoms with van der Waals surface area (Å²) in [5.41, 5.74) is 1.71. The first kappa shape index (κ1) is 16.1. The van der Waals surface area contributed by atoms with Gasteiger partial charge in [0, 0.05) is 19.0 Å². The lowest BCUT2D eigenvalue weighted by molar-refractivity contribution is -0.885. The van der Waals surface area contributed by atoms with Crippen molar-refractivity contribution in [2.45, 2.75) is 18.8 Å². The molecule has 2 fully saturated rings. The molecule has 1 aromatic heterocycles. The summed E-state index contributed by atoms with van der Waals surface area (Å²) in [7, 11) is 0. The topological polar surface area (TPSA) is 79.9 Å². The minimum absolute atomic E-state index is 0.0312. The minimum atomic E-state index is 0.0312. The molecule has 2 aliphatic heterocycles. The Balaban J connectivity index is 1.33. The van der Waals surface area contributed by atoms with Gasteiger partial charge in [-0.2, -0.15) is 0 Å². The fourth-order valence-corrected chi connectivity index (χ4v) is 3.67. The van der Waals surface area contributed by atoms with Crippen LogP contribution >= 0.6 is 0 Å². The van der Waals surface area contributed by atoms with E-state index in [4.69, 9.17) is 4.42 Å². The predicted octanol–water partition coefficient (Wildman–Crippen LogP) is -0.451. The highest BCUT2D eigenvalue weighted by Crippen LogP contribution is 2.29. The van der Waals surface area contributed by atoms with Crippen molar-refractivity contribution in [3.05, 3.63) is 30.2 Å². The molecule has 0 aliphatic carbocycles. The summed E-state index contributed by atoms with van der Waals surface area (Å²) in [6.45, 7) is 3.72. The van der Waals surface area contributed by atoms with Gasteiger partial charge in [0.15, 0.2) is 24.6 Å². The second kappa shape index (κ2) is 6.84. The third kappa shape index (κ3) is 3.51. The van der Waals surface area contributed by atoms with Gasteiger partial charge in [-0.15, -0.1) is 0 Å². The van der Waals surface area contributed by atoms with Gasteiger partial charge in [0.2, 0.25) is 0 Å². The third-order valence-electron chi connectivity index (χ3n) is 5.12. The Labute approximate surface area is 146 Å². The molecule has 0 saturated carbocycles. The number of carbonyl (C=O) groups excluding carboxylic acids is 2. The number of hydrogen-bond donors (Lipinski definition) is 2. The number of benzene rings is 1. The molecule has 7 heteroatoms. The molecule has 1 unspecified atom stereocenters. The highest BCUT2D eigenvalue weighted by Gasteiger charge is 2.30. The van der Waals surface area contributed by atoms with Crippen LogP contribution in [0.25, 0.3) is 11.1 Å². The third-order valence-corrected chi connectivity index (χ3v) is 5.12. The number of oxazole rings is 1. The van der Waals surface area contributed by atoms with Crippen molar-refractivity contribution in [3.63, 3.8) is 0 Å². The molecule has 3 heterocycles. The molecule has 7 nitrogen and oxygen atoms in total. The summed E-state index contributed by atoms with van der Waals surface area (Å²) in [5.74, 6) is 1.22. The minimum Gasteiger partial charge on any atom is -0.440 e. The normalized spacial score (nSPS) is 22.2. The number of nitrogens with zero attached hydrogens (tertiary/aromatic N) is 2. The maximum atomic E-state index is 12.5. The van der Waals surface area contributed by atoms with Crippen molar-refractivity contribution in [2.75, 3.05) is 39.3 Å². The molecule has 2 amide bonds. The van der Waals surface area contributed by atoms with Gasteiger partial charge in [0.25, 0.3) is 11.8 Å².